The van der Waals surface area contributed by atoms with E-state index < -0.39 is 0 Å². The monoisotopic (exact) mass is 282 g/mol. The quantitative estimate of drug-likeness (QED) is 0.740. The van der Waals surface area contributed by atoms with E-state index in [1.54, 1.807) is 19.2 Å². The average Bonchev–Trinajstić information content (AvgIpc) is 2.40. The number of rotatable bonds is 7. The maximum Gasteiger partial charge on any atom is 0.252 e. The topological polar surface area (TPSA) is 41.1 Å². The Morgan fingerprint density at radius 3 is 2.74 bits per heavy atom. The van der Waals surface area contributed by atoms with E-state index in [0.717, 1.165) is 12.1 Å². The summed E-state index contributed by atoms with van der Waals surface area (Å²) in [5.74, 6) is -0.160. The molecule has 0 aliphatic heterocycles. The van der Waals surface area contributed by atoms with Crippen LogP contribution in [0.15, 0.2) is 18.2 Å². The van der Waals surface area contributed by atoms with Gasteiger partial charge in [-0.25, -0.2) is 0 Å². The van der Waals surface area contributed by atoms with Gasteiger partial charge in [-0.3, -0.25) is 4.79 Å². The van der Waals surface area contributed by atoms with Gasteiger partial charge in [0.1, 0.15) is 0 Å². The van der Waals surface area contributed by atoms with Crippen LogP contribution in [0.1, 0.15) is 49.9 Å². The lowest BCUT2D eigenvalue weighted by atomic mass is 10.1. The van der Waals surface area contributed by atoms with Crippen molar-refractivity contribution in [3.63, 3.8) is 0 Å². The van der Waals surface area contributed by atoms with Crippen molar-refractivity contribution in [1.29, 1.82) is 0 Å². The molecule has 1 aromatic rings. The molecule has 4 heteroatoms. The summed E-state index contributed by atoms with van der Waals surface area (Å²) in [6.07, 6.45) is 4.84. The van der Waals surface area contributed by atoms with Gasteiger partial charge in [0.2, 0.25) is 0 Å². The standard InChI is InChI=1S/C15H23ClN2O/c1-4-5-6-7-11(2)18-12-8-9-14(16)13(10-12)15(19)17-3/h8-11,18H,4-7H2,1-3H3,(H,17,19). The summed E-state index contributed by atoms with van der Waals surface area (Å²) in [6.45, 7) is 4.36. The van der Waals surface area contributed by atoms with E-state index in [0.29, 0.717) is 16.6 Å². The van der Waals surface area contributed by atoms with Crippen molar-refractivity contribution in [3.05, 3.63) is 28.8 Å². The van der Waals surface area contributed by atoms with E-state index in [1.807, 2.05) is 6.07 Å². The molecule has 0 spiro atoms. The van der Waals surface area contributed by atoms with Crippen LogP contribution in [0.3, 0.4) is 0 Å². The lowest BCUT2D eigenvalue weighted by Gasteiger charge is -2.16. The molecule has 0 heterocycles. The van der Waals surface area contributed by atoms with E-state index in [-0.39, 0.29) is 5.91 Å². The van der Waals surface area contributed by atoms with Crippen LogP contribution in [0, 0.1) is 0 Å². The summed E-state index contributed by atoms with van der Waals surface area (Å²) in [7, 11) is 1.60. The van der Waals surface area contributed by atoms with Gasteiger partial charge in [-0.2, -0.15) is 0 Å². The number of nitrogens with one attached hydrogen (secondary N) is 2. The average molecular weight is 283 g/mol. The van der Waals surface area contributed by atoms with E-state index in [4.69, 9.17) is 11.6 Å². The molecular weight excluding hydrogens is 260 g/mol. The smallest absolute Gasteiger partial charge is 0.252 e. The Bertz CT molecular complexity index is 421. The summed E-state index contributed by atoms with van der Waals surface area (Å²) < 4.78 is 0. The molecule has 1 atom stereocenters. The molecule has 0 saturated heterocycles. The molecule has 0 saturated carbocycles. The second-order valence-electron chi connectivity index (χ2n) is 4.81. The van der Waals surface area contributed by atoms with Crippen molar-refractivity contribution in [3.8, 4) is 0 Å². The highest BCUT2D eigenvalue weighted by molar-refractivity contribution is 6.34. The molecule has 0 bridgehead atoms. The van der Waals surface area contributed by atoms with Crippen LogP contribution in [-0.2, 0) is 0 Å². The molecule has 0 fully saturated rings. The molecule has 0 aliphatic carbocycles. The van der Waals surface area contributed by atoms with Gasteiger partial charge in [0.05, 0.1) is 10.6 Å². The van der Waals surface area contributed by atoms with Gasteiger partial charge in [0.25, 0.3) is 5.91 Å². The van der Waals surface area contributed by atoms with Crippen molar-refractivity contribution in [1.82, 2.24) is 5.32 Å². The van der Waals surface area contributed by atoms with Crippen molar-refractivity contribution in [2.75, 3.05) is 12.4 Å². The summed E-state index contributed by atoms with van der Waals surface area (Å²) in [5.41, 5.74) is 1.45. The van der Waals surface area contributed by atoms with Gasteiger partial charge in [-0.15, -0.1) is 0 Å². The van der Waals surface area contributed by atoms with Gasteiger partial charge in [0, 0.05) is 18.8 Å². The molecular formula is C15H23ClN2O. The normalized spacial score (nSPS) is 12.0. The van der Waals surface area contributed by atoms with Crippen LogP contribution < -0.4 is 10.6 Å². The highest BCUT2D eigenvalue weighted by Gasteiger charge is 2.10. The zero-order chi connectivity index (χ0) is 14.3. The van der Waals surface area contributed by atoms with E-state index in [1.165, 1.54) is 19.3 Å². The van der Waals surface area contributed by atoms with Gasteiger partial charge in [-0.05, 0) is 31.5 Å². The molecule has 1 rings (SSSR count). The molecule has 1 amide bonds. The number of halogens is 1. The third-order valence-electron chi connectivity index (χ3n) is 3.09. The largest absolute Gasteiger partial charge is 0.383 e. The Hall–Kier alpha value is -1.22. The van der Waals surface area contributed by atoms with Crippen LogP contribution in [0.4, 0.5) is 5.69 Å². The second kappa shape index (κ2) is 8.05. The van der Waals surface area contributed by atoms with E-state index >= 15 is 0 Å². The number of unbranched alkanes of at least 4 members (excludes halogenated alkanes) is 2. The Labute approximate surface area is 120 Å². The number of carbonyl (C=O) groups is 1. The molecule has 1 aromatic carbocycles. The van der Waals surface area contributed by atoms with Crippen molar-refractivity contribution in [2.24, 2.45) is 0 Å². The van der Waals surface area contributed by atoms with Crippen LogP contribution >= 0.6 is 11.6 Å². The lowest BCUT2D eigenvalue weighted by Crippen LogP contribution is -2.19. The SMILES string of the molecule is CCCCCC(C)Nc1ccc(Cl)c(C(=O)NC)c1. The second-order valence-corrected chi connectivity index (χ2v) is 5.22. The Morgan fingerprint density at radius 2 is 2.11 bits per heavy atom. The first-order valence-electron chi connectivity index (χ1n) is 6.86. The van der Waals surface area contributed by atoms with Crippen LogP contribution in [0.5, 0.6) is 0 Å². The number of benzene rings is 1. The number of anilines is 1. The fourth-order valence-corrected chi connectivity index (χ4v) is 2.18. The van der Waals surface area contributed by atoms with Crippen molar-refractivity contribution >= 4 is 23.2 Å². The highest BCUT2D eigenvalue weighted by Crippen LogP contribution is 2.21. The van der Waals surface area contributed by atoms with Gasteiger partial charge in [0.15, 0.2) is 0 Å². The van der Waals surface area contributed by atoms with E-state index in [9.17, 15) is 4.79 Å². The Kier molecular flexibility index (Phi) is 6.71. The molecule has 0 aromatic heterocycles. The molecule has 3 nitrogen and oxygen atoms in total. The maximum atomic E-state index is 11.7. The van der Waals surface area contributed by atoms with Gasteiger partial charge < -0.3 is 10.6 Å². The molecule has 1 unspecified atom stereocenters. The number of carbonyl (C=O) groups excluding carboxylic acids is 1. The predicted octanol–water partition coefficient (Wildman–Crippen LogP) is 4.08. The van der Waals surface area contributed by atoms with Crippen LogP contribution in [0.2, 0.25) is 5.02 Å². The fraction of sp³-hybridized carbons (Fsp3) is 0.533. The van der Waals surface area contributed by atoms with Crippen molar-refractivity contribution in [2.45, 2.75) is 45.6 Å². The molecule has 0 aliphatic rings. The summed E-state index contributed by atoms with van der Waals surface area (Å²) in [4.78, 5) is 11.7. The first kappa shape index (κ1) is 15.8. The van der Waals surface area contributed by atoms with Gasteiger partial charge in [-0.1, -0.05) is 37.8 Å². The number of hydrogen-bond acceptors (Lipinski definition) is 2. The minimum absolute atomic E-state index is 0.160. The highest BCUT2D eigenvalue weighted by atomic mass is 35.5. The number of amides is 1. The third kappa shape index (κ3) is 5.11. The zero-order valence-electron chi connectivity index (χ0n) is 11.9. The minimum Gasteiger partial charge on any atom is -0.383 e. The van der Waals surface area contributed by atoms with E-state index in [2.05, 4.69) is 24.5 Å². The van der Waals surface area contributed by atoms with Crippen LogP contribution in [0.25, 0.3) is 0 Å². The van der Waals surface area contributed by atoms with Crippen LogP contribution in [-0.4, -0.2) is 19.0 Å². The fourth-order valence-electron chi connectivity index (χ4n) is 1.98. The zero-order valence-corrected chi connectivity index (χ0v) is 12.7. The first-order valence-corrected chi connectivity index (χ1v) is 7.24. The molecule has 0 radical (unpaired) electrons. The summed E-state index contributed by atoms with van der Waals surface area (Å²) in [5, 5.41) is 6.48. The summed E-state index contributed by atoms with van der Waals surface area (Å²) in [6, 6.07) is 5.86. The molecule has 19 heavy (non-hydrogen) atoms. The number of hydrogen-bond donors (Lipinski definition) is 2. The minimum atomic E-state index is -0.160. The molecule has 2 N–H and O–H groups in total. The first-order chi connectivity index (χ1) is 9.08. The van der Waals surface area contributed by atoms with Crippen molar-refractivity contribution < 1.29 is 4.79 Å². The Balaban J connectivity index is 2.66. The lowest BCUT2D eigenvalue weighted by molar-refractivity contribution is 0.0963. The maximum absolute atomic E-state index is 11.7. The predicted molar refractivity (Wildman–Crippen MR) is 82.1 cm³/mol. The Morgan fingerprint density at radius 1 is 1.37 bits per heavy atom. The third-order valence-corrected chi connectivity index (χ3v) is 3.42. The molecule has 106 valence electrons. The summed E-state index contributed by atoms with van der Waals surface area (Å²) >= 11 is 6.02. The van der Waals surface area contributed by atoms with Gasteiger partial charge >= 0.3 is 0 Å².